The van der Waals surface area contributed by atoms with Crippen LogP contribution in [0.1, 0.15) is 66.0 Å². The molecule has 0 aliphatic carbocycles. The summed E-state index contributed by atoms with van der Waals surface area (Å²) >= 11 is 0. The van der Waals surface area contributed by atoms with Gasteiger partial charge in [0.1, 0.15) is 5.69 Å². The molecule has 4 heteroatoms. The van der Waals surface area contributed by atoms with E-state index in [0.717, 1.165) is 13.0 Å². The van der Waals surface area contributed by atoms with E-state index in [1.807, 2.05) is 13.8 Å². The number of hydrogen-bond acceptors (Lipinski definition) is 3. The number of aromatic nitrogens is 3. The van der Waals surface area contributed by atoms with E-state index in [-0.39, 0.29) is 6.61 Å². The minimum atomic E-state index is -0.0201. The van der Waals surface area contributed by atoms with Gasteiger partial charge < -0.3 is 5.11 Å². The van der Waals surface area contributed by atoms with E-state index < -0.39 is 0 Å². The fourth-order valence-corrected chi connectivity index (χ4v) is 1.04. The van der Waals surface area contributed by atoms with Crippen LogP contribution in [-0.4, -0.2) is 20.1 Å². The van der Waals surface area contributed by atoms with Crippen LogP contribution in [0.3, 0.4) is 0 Å². The highest BCUT2D eigenvalue weighted by Crippen LogP contribution is 1.98. The predicted molar refractivity (Wildman–Crippen MR) is 72.8 cm³/mol. The van der Waals surface area contributed by atoms with Crippen molar-refractivity contribution in [1.29, 1.82) is 0 Å². The van der Waals surface area contributed by atoms with Crippen molar-refractivity contribution in [1.82, 2.24) is 15.0 Å². The third kappa shape index (κ3) is 11.4. The lowest BCUT2D eigenvalue weighted by Crippen LogP contribution is -1.98. The number of nitrogens with zero attached hydrogens (tertiary/aromatic N) is 3. The summed E-state index contributed by atoms with van der Waals surface area (Å²) in [6.45, 7) is 11.3. The number of rotatable bonds is 5. The number of aliphatic hydroxyl groups is 1. The van der Waals surface area contributed by atoms with Gasteiger partial charge in [-0.05, 0) is 6.42 Å². The Labute approximate surface area is 106 Å². The number of hydrogen-bond donors (Lipinski definition) is 1. The fraction of sp³-hybridized carbons (Fsp3) is 0.846. The molecular formula is C13H29N3O. The van der Waals surface area contributed by atoms with Gasteiger partial charge in [0.05, 0.1) is 12.8 Å². The second-order valence-corrected chi connectivity index (χ2v) is 3.55. The Bertz CT molecular complexity index is 236. The molecule has 0 amide bonds. The highest BCUT2D eigenvalue weighted by atomic mass is 16.3. The van der Waals surface area contributed by atoms with Gasteiger partial charge in [-0.3, -0.25) is 4.68 Å². The first-order valence-electron chi connectivity index (χ1n) is 6.78. The van der Waals surface area contributed by atoms with E-state index in [1.165, 1.54) is 19.3 Å². The Balaban J connectivity index is 0. The van der Waals surface area contributed by atoms with Crippen molar-refractivity contribution in [3.8, 4) is 0 Å². The predicted octanol–water partition coefficient (Wildman–Crippen LogP) is 3.40. The summed E-state index contributed by atoms with van der Waals surface area (Å²) in [7, 11) is 0. The van der Waals surface area contributed by atoms with Crippen molar-refractivity contribution < 1.29 is 5.11 Å². The van der Waals surface area contributed by atoms with Crippen LogP contribution in [-0.2, 0) is 13.2 Å². The van der Waals surface area contributed by atoms with Crippen LogP contribution >= 0.6 is 0 Å². The number of unbranched alkanes of at least 4 members (excludes halogenated alkanes) is 2. The molecular weight excluding hydrogens is 214 g/mol. The average Bonchev–Trinajstić information content (AvgIpc) is 2.81. The molecule has 0 spiro atoms. The van der Waals surface area contributed by atoms with E-state index >= 15 is 0 Å². The normalized spacial score (nSPS) is 8.82. The molecule has 0 bridgehead atoms. The minimum absolute atomic E-state index is 0.0201. The first kappa shape index (κ1) is 18.5. The molecule has 4 nitrogen and oxygen atoms in total. The second kappa shape index (κ2) is 15.1. The maximum Gasteiger partial charge on any atom is 0.108 e. The van der Waals surface area contributed by atoms with Gasteiger partial charge in [0.15, 0.2) is 0 Å². The van der Waals surface area contributed by atoms with Crippen LogP contribution in [0.25, 0.3) is 0 Å². The summed E-state index contributed by atoms with van der Waals surface area (Å²) in [5, 5.41) is 16.3. The maximum atomic E-state index is 8.71. The molecule has 0 aliphatic rings. The summed E-state index contributed by atoms with van der Waals surface area (Å²) in [6.07, 6.45) is 6.59. The molecule has 0 fully saturated rings. The fourth-order valence-electron chi connectivity index (χ4n) is 1.04. The molecule has 0 unspecified atom stereocenters. The van der Waals surface area contributed by atoms with E-state index in [1.54, 1.807) is 10.9 Å². The summed E-state index contributed by atoms with van der Waals surface area (Å²) < 4.78 is 1.78. The first-order chi connectivity index (χ1) is 8.28. The van der Waals surface area contributed by atoms with Crippen molar-refractivity contribution in [3.05, 3.63) is 11.9 Å². The third-order valence-corrected chi connectivity index (χ3v) is 1.74. The molecule has 1 aromatic rings. The highest BCUT2D eigenvalue weighted by Gasteiger charge is 1.97. The highest BCUT2D eigenvalue weighted by molar-refractivity contribution is 4.88. The van der Waals surface area contributed by atoms with Crippen LogP contribution in [0.5, 0.6) is 0 Å². The van der Waals surface area contributed by atoms with Crippen molar-refractivity contribution in [3.63, 3.8) is 0 Å². The van der Waals surface area contributed by atoms with E-state index in [0.29, 0.717) is 5.69 Å². The van der Waals surface area contributed by atoms with Crippen LogP contribution in [0.15, 0.2) is 6.20 Å². The van der Waals surface area contributed by atoms with Gasteiger partial charge in [-0.15, -0.1) is 5.10 Å². The SMILES string of the molecule is CC.CCC.CCCCCn1cc(CO)nn1. The molecule has 1 heterocycles. The molecule has 0 radical (unpaired) electrons. The monoisotopic (exact) mass is 243 g/mol. The molecule has 17 heavy (non-hydrogen) atoms. The lowest BCUT2D eigenvalue weighted by Gasteiger charge is -1.96. The van der Waals surface area contributed by atoms with E-state index in [2.05, 4.69) is 31.1 Å². The standard InChI is InChI=1S/C8H15N3O.C3H8.C2H6/c1-2-3-4-5-11-6-8(7-12)9-10-11;1-3-2;1-2/h6,12H,2-5,7H2,1H3;3H2,1-2H3;1-2H3. The van der Waals surface area contributed by atoms with Crippen LogP contribution in [0.2, 0.25) is 0 Å². The molecule has 0 aliphatic heterocycles. The van der Waals surface area contributed by atoms with Crippen molar-refractivity contribution in [2.45, 2.75) is 73.5 Å². The Morgan fingerprint density at radius 3 is 2.18 bits per heavy atom. The Morgan fingerprint density at radius 2 is 1.76 bits per heavy atom. The lowest BCUT2D eigenvalue weighted by atomic mass is 10.2. The number of aliphatic hydroxyl groups excluding tert-OH is 1. The van der Waals surface area contributed by atoms with Crippen molar-refractivity contribution in [2.24, 2.45) is 0 Å². The zero-order valence-electron chi connectivity index (χ0n) is 12.1. The van der Waals surface area contributed by atoms with Gasteiger partial charge in [-0.1, -0.05) is 59.1 Å². The Morgan fingerprint density at radius 1 is 1.18 bits per heavy atom. The van der Waals surface area contributed by atoms with E-state index in [4.69, 9.17) is 5.11 Å². The quantitative estimate of drug-likeness (QED) is 0.806. The Hall–Kier alpha value is -0.900. The minimum Gasteiger partial charge on any atom is -0.390 e. The van der Waals surface area contributed by atoms with E-state index in [9.17, 15) is 0 Å². The average molecular weight is 243 g/mol. The molecule has 0 aromatic carbocycles. The van der Waals surface area contributed by atoms with Gasteiger partial charge in [-0.25, -0.2) is 0 Å². The summed E-state index contributed by atoms with van der Waals surface area (Å²) in [5.74, 6) is 0. The van der Waals surface area contributed by atoms with Crippen molar-refractivity contribution in [2.75, 3.05) is 0 Å². The van der Waals surface area contributed by atoms with Gasteiger partial charge >= 0.3 is 0 Å². The lowest BCUT2D eigenvalue weighted by molar-refractivity contribution is 0.276. The molecule has 1 rings (SSSR count). The molecule has 1 aromatic heterocycles. The largest absolute Gasteiger partial charge is 0.390 e. The van der Waals surface area contributed by atoms with Crippen LogP contribution < -0.4 is 0 Å². The summed E-state index contributed by atoms with van der Waals surface area (Å²) in [6, 6.07) is 0. The van der Waals surface area contributed by atoms with Gasteiger partial charge in [0, 0.05) is 6.54 Å². The van der Waals surface area contributed by atoms with Crippen LogP contribution in [0, 0.1) is 0 Å². The Kier molecular flexibility index (Phi) is 16.4. The maximum absolute atomic E-state index is 8.71. The van der Waals surface area contributed by atoms with Gasteiger partial charge in [0.25, 0.3) is 0 Å². The molecule has 1 N–H and O–H groups in total. The zero-order valence-corrected chi connectivity index (χ0v) is 12.1. The second-order valence-electron chi connectivity index (χ2n) is 3.55. The third-order valence-electron chi connectivity index (χ3n) is 1.74. The summed E-state index contributed by atoms with van der Waals surface area (Å²) in [5.41, 5.74) is 0.645. The van der Waals surface area contributed by atoms with Gasteiger partial charge in [0.2, 0.25) is 0 Å². The molecule has 0 saturated heterocycles. The van der Waals surface area contributed by atoms with Crippen molar-refractivity contribution >= 4 is 0 Å². The number of aryl methyl sites for hydroxylation is 1. The first-order valence-corrected chi connectivity index (χ1v) is 6.78. The van der Waals surface area contributed by atoms with Gasteiger partial charge in [-0.2, -0.15) is 0 Å². The summed E-state index contributed by atoms with van der Waals surface area (Å²) in [4.78, 5) is 0. The zero-order chi connectivity index (χ0) is 13.5. The smallest absolute Gasteiger partial charge is 0.108 e. The topological polar surface area (TPSA) is 50.9 Å². The molecule has 0 atom stereocenters. The van der Waals surface area contributed by atoms with Crippen LogP contribution in [0.4, 0.5) is 0 Å². The molecule has 102 valence electrons. The molecule has 0 saturated carbocycles.